The number of hydrogen-bond donors (Lipinski definition) is 1. The first kappa shape index (κ1) is 15.3. The van der Waals surface area contributed by atoms with E-state index in [0.29, 0.717) is 11.3 Å². The number of rotatable bonds is 5. The first-order chi connectivity index (χ1) is 10.0. The quantitative estimate of drug-likeness (QED) is 0.858. The van der Waals surface area contributed by atoms with Crippen molar-refractivity contribution in [2.45, 2.75) is 33.6 Å². The molecule has 0 amide bonds. The Bertz CT molecular complexity index is 701. The van der Waals surface area contributed by atoms with E-state index in [0.717, 1.165) is 23.9 Å². The van der Waals surface area contributed by atoms with E-state index in [1.54, 1.807) is 6.92 Å². The molecule has 0 fully saturated rings. The summed E-state index contributed by atoms with van der Waals surface area (Å²) in [6.45, 7) is 6.32. The number of esters is 1. The number of carbonyl (C=O) groups excluding carboxylic acids is 1. The van der Waals surface area contributed by atoms with Crippen LogP contribution in [0.4, 0.5) is 0 Å². The largest absolute Gasteiger partial charge is 0.462 e. The van der Waals surface area contributed by atoms with Crippen molar-refractivity contribution in [3.8, 4) is 0 Å². The van der Waals surface area contributed by atoms with E-state index in [1.165, 1.54) is 6.20 Å². The number of aromatic nitrogens is 1. The molecule has 0 aliphatic carbocycles. The fraction of sp³-hybridized carbons (Fsp3) is 0.412. The normalized spacial score (nSPS) is 11.0. The molecule has 2 aromatic rings. The molecule has 112 valence electrons. The zero-order valence-electron chi connectivity index (χ0n) is 12.7. The monoisotopic (exact) mass is 287 g/mol. The van der Waals surface area contributed by atoms with Gasteiger partial charge in [-0.25, -0.2) is 4.79 Å². The number of carbonyl (C=O) groups is 1. The minimum absolute atomic E-state index is 0.0605. The molecule has 0 spiro atoms. The molecule has 0 bridgehead atoms. The van der Waals surface area contributed by atoms with E-state index >= 15 is 0 Å². The van der Waals surface area contributed by atoms with Gasteiger partial charge in [0.2, 0.25) is 5.43 Å². The SMILES string of the molecule is CCOC(=O)c1c[nH]c2ccc(CCC(C)C)cc2c1=O. The van der Waals surface area contributed by atoms with E-state index in [-0.39, 0.29) is 17.6 Å². The second-order valence-corrected chi connectivity index (χ2v) is 5.56. The number of nitrogens with one attached hydrogen (secondary N) is 1. The van der Waals surface area contributed by atoms with Gasteiger partial charge in [-0.15, -0.1) is 0 Å². The van der Waals surface area contributed by atoms with E-state index in [2.05, 4.69) is 18.8 Å². The maximum Gasteiger partial charge on any atom is 0.343 e. The fourth-order valence-corrected chi connectivity index (χ4v) is 2.24. The first-order valence-electron chi connectivity index (χ1n) is 7.34. The van der Waals surface area contributed by atoms with Gasteiger partial charge in [0.1, 0.15) is 5.56 Å². The summed E-state index contributed by atoms with van der Waals surface area (Å²) in [6, 6.07) is 5.78. The smallest absolute Gasteiger partial charge is 0.343 e. The molecule has 0 saturated heterocycles. The number of benzene rings is 1. The summed E-state index contributed by atoms with van der Waals surface area (Å²) >= 11 is 0. The van der Waals surface area contributed by atoms with Crippen LogP contribution in [0.25, 0.3) is 10.9 Å². The lowest BCUT2D eigenvalue weighted by molar-refractivity contribution is 0.0524. The Kier molecular flexibility index (Phi) is 4.78. The fourth-order valence-electron chi connectivity index (χ4n) is 2.24. The van der Waals surface area contributed by atoms with Crippen LogP contribution in [0.15, 0.2) is 29.2 Å². The molecule has 1 N–H and O–H groups in total. The van der Waals surface area contributed by atoms with E-state index in [4.69, 9.17) is 4.74 Å². The Labute approximate surface area is 124 Å². The Morgan fingerprint density at radius 3 is 2.76 bits per heavy atom. The third-order valence-corrected chi connectivity index (χ3v) is 3.45. The lowest BCUT2D eigenvalue weighted by Crippen LogP contribution is -2.18. The van der Waals surface area contributed by atoms with Crippen LogP contribution in [-0.2, 0) is 11.2 Å². The maximum absolute atomic E-state index is 12.4. The van der Waals surface area contributed by atoms with Gasteiger partial charge in [0, 0.05) is 17.1 Å². The lowest BCUT2D eigenvalue weighted by Gasteiger charge is -2.07. The predicted octanol–water partition coefficient (Wildman–Crippen LogP) is 3.29. The molecule has 1 aromatic heterocycles. The molecule has 4 heteroatoms. The summed E-state index contributed by atoms with van der Waals surface area (Å²) in [5, 5.41) is 0.543. The molecule has 0 aliphatic rings. The zero-order chi connectivity index (χ0) is 15.4. The number of ether oxygens (including phenoxy) is 1. The number of aryl methyl sites for hydroxylation is 1. The second-order valence-electron chi connectivity index (χ2n) is 5.56. The summed E-state index contributed by atoms with van der Waals surface area (Å²) in [5.41, 5.74) is 1.64. The molecule has 1 heterocycles. The molecular weight excluding hydrogens is 266 g/mol. The summed E-state index contributed by atoms with van der Waals surface area (Å²) < 4.78 is 4.91. The van der Waals surface area contributed by atoms with E-state index < -0.39 is 5.97 Å². The van der Waals surface area contributed by atoms with Gasteiger partial charge in [-0.2, -0.15) is 0 Å². The third-order valence-electron chi connectivity index (χ3n) is 3.45. The highest BCUT2D eigenvalue weighted by molar-refractivity contribution is 5.93. The molecule has 0 atom stereocenters. The molecule has 1 aromatic carbocycles. The van der Waals surface area contributed by atoms with Crippen LogP contribution in [0.1, 0.15) is 43.1 Å². The topological polar surface area (TPSA) is 59.2 Å². The summed E-state index contributed by atoms with van der Waals surface area (Å²) in [4.78, 5) is 27.2. The van der Waals surface area contributed by atoms with Gasteiger partial charge in [0.25, 0.3) is 0 Å². The van der Waals surface area contributed by atoms with Gasteiger partial charge in [-0.1, -0.05) is 19.9 Å². The van der Waals surface area contributed by atoms with Crippen LogP contribution in [0.3, 0.4) is 0 Å². The minimum atomic E-state index is -0.576. The van der Waals surface area contributed by atoms with Gasteiger partial charge in [-0.05, 0) is 43.4 Å². The minimum Gasteiger partial charge on any atom is -0.462 e. The third kappa shape index (κ3) is 3.51. The van der Waals surface area contributed by atoms with Crippen molar-refractivity contribution >= 4 is 16.9 Å². The van der Waals surface area contributed by atoms with Gasteiger partial charge in [-0.3, -0.25) is 4.79 Å². The van der Waals surface area contributed by atoms with Gasteiger partial charge in [0.05, 0.1) is 6.61 Å². The Morgan fingerprint density at radius 2 is 2.10 bits per heavy atom. The Balaban J connectivity index is 2.42. The highest BCUT2D eigenvalue weighted by atomic mass is 16.5. The molecule has 0 saturated carbocycles. The summed E-state index contributed by atoms with van der Waals surface area (Å²) in [5.74, 6) is 0.0399. The van der Waals surface area contributed by atoms with Crippen molar-refractivity contribution < 1.29 is 9.53 Å². The summed E-state index contributed by atoms with van der Waals surface area (Å²) in [6.07, 6.45) is 3.42. The van der Waals surface area contributed by atoms with E-state index in [9.17, 15) is 9.59 Å². The standard InChI is InChI=1S/C17H21NO3/c1-4-21-17(20)14-10-18-15-8-7-12(6-5-11(2)3)9-13(15)16(14)19/h7-11H,4-6H2,1-3H3,(H,18,19). The Morgan fingerprint density at radius 1 is 1.33 bits per heavy atom. The highest BCUT2D eigenvalue weighted by Gasteiger charge is 2.14. The number of pyridine rings is 1. The molecule has 0 radical (unpaired) electrons. The maximum atomic E-state index is 12.4. The summed E-state index contributed by atoms with van der Waals surface area (Å²) in [7, 11) is 0. The van der Waals surface area contributed by atoms with Gasteiger partial charge >= 0.3 is 5.97 Å². The molecule has 2 rings (SSSR count). The van der Waals surface area contributed by atoms with Crippen molar-refractivity contribution in [3.63, 3.8) is 0 Å². The van der Waals surface area contributed by atoms with E-state index in [1.807, 2.05) is 18.2 Å². The Hall–Kier alpha value is -2.10. The predicted molar refractivity (Wildman–Crippen MR) is 83.7 cm³/mol. The number of fused-ring (bicyclic) bond motifs is 1. The van der Waals surface area contributed by atoms with Crippen molar-refractivity contribution in [3.05, 3.63) is 45.7 Å². The second kappa shape index (κ2) is 6.57. The highest BCUT2D eigenvalue weighted by Crippen LogP contribution is 2.15. The molecule has 0 unspecified atom stereocenters. The molecular formula is C17H21NO3. The molecule has 21 heavy (non-hydrogen) atoms. The molecule has 0 aliphatic heterocycles. The average Bonchev–Trinajstić information content (AvgIpc) is 2.46. The lowest BCUT2D eigenvalue weighted by atomic mass is 10.0. The van der Waals surface area contributed by atoms with Gasteiger partial charge < -0.3 is 9.72 Å². The van der Waals surface area contributed by atoms with Gasteiger partial charge in [0.15, 0.2) is 0 Å². The van der Waals surface area contributed by atoms with Crippen LogP contribution in [0.5, 0.6) is 0 Å². The van der Waals surface area contributed by atoms with Crippen molar-refractivity contribution in [2.75, 3.05) is 6.61 Å². The van der Waals surface area contributed by atoms with Crippen molar-refractivity contribution in [1.29, 1.82) is 0 Å². The van der Waals surface area contributed by atoms with Crippen LogP contribution >= 0.6 is 0 Å². The van der Waals surface area contributed by atoms with Crippen LogP contribution in [0.2, 0.25) is 0 Å². The number of aromatic amines is 1. The number of hydrogen-bond acceptors (Lipinski definition) is 3. The van der Waals surface area contributed by atoms with Crippen LogP contribution in [-0.4, -0.2) is 17.6 Å². The average molecular weight is 287 g/mol. The van der Waals surface area contributed by atoms with Crippen LogP contribution in [0, 0.1) is 5.92 Å². The van der Waals surface area contributed by atoms with Crippen LogP contribution < -0.4 is 5.43 Å². The van der Waals surface area contributed by atoms with Crippen molar-refractivity contribution in [1.82, 2.24) is 4.98 Å². The zero-order valence-corrected chi connectivity index (χ0v) is 12.7. The molecule has 4 nitrogen and oxygen atoms in total. The van der Waals surface area contributed by atoms with Crippen molar-refractivity contribution in [2.24, 2.45) is 5.92 Å². The number of H-pyrrole nitrogens is 1. The first-order valence-corrected chi connectivity index (χ1v) is 7.34.